The minimum Gasteiger partial charge on any atom is -0.497 e. The van der Waals surface area contributed by atoms with E-state index in [9.17, 15) is 4.39 Å². The zero-order valence-corrected chi connectivity index (χ0v) is 12.8. The minimum atomic E-state index is -0.322. The number of hydrogen-bond acceptors (Lipinski definition) is 2. The van der Waals surface area contributed by atoms with Crippen molar-refractivity contribution in [2.45, 2.75) is 6.54 Å². The molecule has 0 amide bonds. The Labute approximate surface area is 129 Å². The average Bonchev–Trinajstić information content (AvgIpc) is 2.50. The zero-order valence-electron chi connectivity index (χ0n) is 12.0. The van der Waals surface area contributed by atoms with Crippen LogP contribution in [0.2, 0.25) is 0 Å². The molecule has 0 radical (unpaired) electrons. The summed E-state index contributed by atoms with van der Waals surface area (Å²) in [4.78, 5) is 1.85. The van der Waals surface area contributed by atoms with Crippen molar-refractivity contribution in [1.82, 2.24) is 4.90 Å². The van der Waals surface area contributed by atoms with Crippen molar-refractivity contribution in [3.8, 4) is 5.75 Å². The molecule has 0 unspecified atom stereocenters. The van der Waals surface area contributed by atoms with Crippen LogP contribution in [0.4, 0.5) is 10.1 Å². The third-order valence-corrected chi connectivity index (χ3v) is 3.45. The van der Waals surface area contributed by atoms with E-state index >= 15 is 0 Å². The molecule has 0 heterocycles. The maximum Gasteiger partial charge on any atom is 0.173 e. The molecule has 2 rings (SSSR count). The SMILES string of the molecule is COc1ccc(CN(C)C(=S)Nc2ccccc2F)cc1. The van der Waals surface area contributed by atoms with Crippen molar-refractivity contribution in [2.24, 2.45) is 0 Å². The van der Waals surface area contributed by atoms with Crippen molar-refractivity contribution in [2.75, 3.05) is 19.5 Å². The Morgan fingerprint density at radius 2 is 1.86 bits per heavy atom. The summed E-state index contributed by atoms with van der Waals surface area (Å²) in [6, 6.07) is 14.2. The van der Waals surface area contributed by atoms with Gasteiger partial charge in [-0.05, 0) is 42.0 Å². The van der Waals surface area contributed by atoms with Gasteiger partial charge in [-0.15, -0.1) is 0 Å². The van der Waals surface area contributed by atoms with Crippen molar-refractivity contribution < 1.29 is 9.13 Å². The van der Waals surface area contributed by atoms with Crippen LogP contribution in [0.5, 0.6) is 5.75 Å². The maximum atomic E-state index is 13.6. The number of halogens is 1. The van der Waals surface area contributed by atoms with Gasteiger partial charge >= 0.3 is 0 Å². The molecular formula is C16H17FN2OS. The summed E-state index contributed by atoms with van der Waals surface area (Å²) in [7, 11) is 3.50. The molecule has 0 atom stereocenters. The monoisotopic (exact) mass is 304 g/mol. The normalized spacial score (nSPS) is 10.0. The van der Waals surface area contributed by atoms with Crippen LogP contribution in [-0.2, 0) is 6.54 Å². The second kappa shape index (κ2) is 7.04. The van der Waals surface area contributed by atoms with Gasteiger partial charge in [0.05, 0.1) is 12.8 Å². The molecule has 1 N–H and O–H groups in total. The van der Waals surface area contributed by atoms with Gasteiger partial charge in [-0.1, -0.05) is 24.3 Å². The first-order valence-electron chi connectivity index (χ1n) is 6.49. The quantitative estimate of drug-likeness (QED) is 0.871. The molecule has 0 fully saturated rings. The van der Waals surface area contributed by atoms with E-state index in [1.165, 1.54) is 6.07 Å². The van der Waals surface area contributed by atoms with Gasteiger partial charge in [-0.3, -0.25) is 0 Å². The zero-order chi connectivity index (χ0) is 15.2. The predicted molar refractivity (Wildman–Crippen MR) is 87.1 cm³/mol. The molecule has 2 aromatic carbocycles. The highest BCUT2D eigenvalue weighted by Crippen LogP contribution is 2.15. The van der Waals surface area contributed by atoms with Crippen LogP contribution in [0.25, 0.3) is 0 Å². The molecule has 21 heavy (non-hydrogen) atoms. The number of hydrogen-bond donors (Lipinski definition) is 1. The summed E-state index contributed by atoms with van der Waals surface area (Å²) >= 11 is 5.29. The molecule has 0 bridgehead atoms. The van der Waals surface area contributed by atoms with E-state index in [1.807, 2.05) is 36.2 Å². The fraction of sp³-hybridized carbons (Fsp3) is 0.188. The lowest BCUT2D eigenvalue weighted by Crippen LogP contribution is -2.30. The van der Waals surface area contributed by atoms with Crippen LogP contribution in [0.15, 0.2) is 48.5 Å². The molecule has 0 aliphatic carbocycles. The largest absolute Gasteiger partial charge is 0.497 e. The molecule has 0 saturated heterocycles. The first-order chi connectivity index (χ1) is 10.1. The molecule has 2 aromatic rings. The van der Waals surface area contributed by atoms with Crippen LogP contribution < -0.4 is 10.1 Å². The van der Waals surface area contributed by atoms with Crippen LogP contribution in [0.3, 0.4) is 0 Å². The number of nitrogens with zero attached hydrogens (tertiary/aromatic N) is 1. The fourth-order valence-corrected chi connectivity index (χ4v) is 2.02. The molecule has 0 spiro atoms. The summed E-state index contributed by atoms with van der Waals surface area (Å²) in [6.45, 7) is 0.629. The average molecular weight is 304 g/mol. The van der Waals surface area contributed by atoms with Gasteiger partial charge in [-0.25, -0.2) is 4.39 Å². The van der Waals surface area contributed by atoms with E-state index in [2.05, 4.69) is 5.32 Å². The van der Waals surface area contributed by atoms with Crippen molar-refractivity contribution >= 4 is 23.0 Å². The van der Waals surface area contributed by atoms with E-state index in [0.29, 0.717) is 17.3 Å². The summed E-state index contributed by atoms with van der Waals surface area (Å²) in [5.74, 6) is 0.492. The minimum absolute atomic E-state index is 0.322. The first-order valence-corrected chi connectivity index (χ1v) is 6.90. The Morgan fingerprint density at radius 1 is 1.19 bits per heavy atom. The van der Waals surface area contributed by atoms with Gasteiger partial charge in [0.25, 0.3) is 0 Å². The Hall–Kier alpha value is -2.14. The fourth-order valence-electron chi connectivity index (χ4n) is 1.85. The molecule has 0 aliphatic rings. The van der Waals surface area contributed by atoms with Gasteiger partial charge in [0.1, 0.15) is 11.6 Å². The summed E-state index contributed by atoms with van der Waals surface area (Å²) < 4.78 is 18.7. The number of methoxy groups -OCH3 is 1. The number of thiocarbonyl (C=S) groups is 1. The first kappa shape index (κ1) is 15.3. The van der Waals surface area contributed by atoms with Crippen LogP contribution >= 0.6 is 12.2 Å². The Morgan fingerprint density at radius 3 is 2.48 bits per heavy atom. The van der Waals surface area contributed by atoms with Crippen molar-refractivity contribution in [1.29, 1.82) is 0 Å². The summed E-state index contributed by atoms with van der Waals surface area (Å²) in [5.41, 5.74) is 1.47. The number of benzene rings is 2. The highest BCUT2D eigenvalue weighted by atomic mass is 32.1. The highest BCUT2D eigenvalue weighted by Gasteiger charge is 2.08. The molecule has 3 nitrogen and oxygen atoms in total. The highest BCUT2D eigenvalue weighted by molar-refractivity contribution is 7.80. The lowest BCUT2D eigenvalue weighted by Gasteiger charge is -2.21. The molecule has 5 heteroatoms. The number of para-hydroxylation sites is 1. The van der Waals surface area contributed by atoms with E-state index in [4.69, 9.17) is 17.0 Å². The number of rotatable bonds is 4. The third kappa shape index (κ3) is 4.16. The maximum absolute atomic E-state index is 13.6. The molecule has 0 saturated carbocycles. The van der Waals surface area contributed by atoms with Crippen molar-refractivity contribution in [3.05, 3.63) is 59.9 Å². The molecule has 110 valence electrons. The Kier molecular flexibility index (Phi) is 5.11. The van der Waals surface area contributed by atoms with E-state index in [-0.39, 0.29) is 5.82 Å². The van der Waals surface area contributed by atoms with Crippen LogP contribution in [-0.4, -0.2) is 24.2 Å². The summed E-state index contributed by atoms with van der Waals surface area (Å²) in [6.07, 6.45) is 0. The Bertz CT molecular complexity index is 616. The van der Waals surface area contributed by atoms with Gasteiger partial charge in [0, 0.05) is 13.6 Å². The van der Waals surface area contributed by atoms with Gasteiger partial charge in [0.2, 0.25) is 0 Å². The number of ether oxygens (including phenoxy) is 1. The number of nitrogens with one attached hydrogen (secondary N) is 1. The predicted octanol–water partition coefficient (Wildman–Crippen LogP) is 3.66. The van der Waals surface area contributed by atoms with Crippen LogP contribution in [0.1, 0.15) is 5.56 Å². The van der Waals surface area contributed by atoms with E-state index < -0.39 is 0 Å². The van der Waals surface area contributed by atoms with Crippen molar-refractivity contribution in [3.63, 3.8) is 0 Å². The smallest absolute Gasteiger partial charge is 0.173 e. The second-order valence-electron chi connectivity index (χ2n) is 4.61. The second-order valence-corrected chi connectivity index (χ2v) is 5.00. The molecular weight excluding hydrogens is 287 g/mol. The van der Waals surface area contributed by atoms with Crippen LogP contribution in [0, 0.1) is 5.82 Å². The van der Waals surface area contributed by atoms with Gasteiger partial charge < -0.3 is 15.0 Å². The van der Waals surface area contributed by atoms with Gasteiger partial charge in [-0.2, -0.15) is 0 Å². The third-order valence-electron chi connectivity index (χ3n) is 3.04. The van der Waals surface area contributed by atoms with Gasteiger partial charge in [0.15, 0.2) is 5.11 Å². The standard InChI is InChI=1S/C16H17FN2OS/c1-19(11-12-7-9-13(20-2)10-8-12)16(21)18-15-6-4-3-5-14(15)17/h3-10H,11H2,1-2H3,(H,18,21). The molecule has 0 aromatic heterocycles. The summed E-state index contributed by atoms with van der Waals surface area (Å²) in [5, 5.41) is 3.38. The number of anilines is 1. The topological polar surface area (TPSA) is 24.5 Å². The van der Waals surface area contributed by atoms with E-state index in [1.54, 1.807) is 25.3 Å². The Balaban J connectivity index is 1.97. The lowest BCUT2D eigenvalue weighted by atomic mass is 10.2. The van der Waals surface area contributed by atoms with E-state index in [0.717, 1.165) is 11.3 Å². The molecule has 0 aliphatic heterocycles. The lowest BCUT2D eigenvalue weighted by molar-refractivity contribution is 0.414.